The Bertz CT molecular complexity index is 375. The summed E-state index contributed by atoms with van der Waals surface area (Å²) < 4.78 is 11.1. The molecule has 5 heteroatoms. The van der Waals surface area contributed by atoms with Gasteiger partial charge in [-0.25, -0.2) is 4.99 Å². The van der Waals surface area contributed by atoms with E-state index in [4.69, 9.17) is 20.9 Å². The van der Waals surface area contributed by atoms with Gasteiger partial charge in [-0.15, -0.1) is 0 Å². The lowest BCUT2D eigenvalue weighted by atomic mass is 10.2. The molecule has 5 nitrogen and oxygen atoms in total. The Morgan fingerprint density at radius 3 is 2.80 bits per heavy atom. The van der Waals surface area contributed by atoms with E-state index in [-0.39, 0.29) is 12.1 Å². The van der Waals surface area contributed by atoms with Crippen LogP contribution in [0.4, 0.5) is 0 Å². The van der Waals surface area contributed by atoms with Crippen molar-refractivity contribution in [1.29, 1.82) is 0 Å². The Hall–Kier alpha value is -1.91. The fourth-order valence-electron chi connectivity index (χ4n) is 1.36. The van der Waals surface area contributed by atoms with Gasteiger partial charge < -0.3 is 20.9 Å². The van der Waals surface area contributed by atoms with Crippen molar-refractivity contribution >= 4 is 5.96 Å². The number of hydrogen-bond donors (Lipinski definition) is 2. The molecule has 0 saturated carbocycles. The minimum absolute atomic E-state index is 0.0671. The minimum atomic E-state index is -0.123. The number of ether oxygens (including phenoxy) is 2. The van der Waals surface area contributed by atoms with Crippen LogP contribution in [-0.2, 0) is 0 Å². The van der Waals surface area contributed by atoms with Crippen LogP contribution in [0.1, 0.15) is 0 Å². The zero-order chi connectivity index (χ0) is 10.7. The first-order valence-electron chi connectivity index (χ1n) is 4.69. The quantitative estimate of drug-likeness (QED) is 0.532. The maximum absolute atomic E-state index is 5.64. The Morgan fingerprint density at radius 2 is 2.07 bits per heavy atom. The average molecular weight is 207 g/mol. The SMILES string of the molecule is NC(N)=NC[C@H]1COc2ccccc2O1. The molecule has 2 rings (SSSR count). The molecule has 80 valence electrons. The van der Waals surface area contributed by atoms with Crippen molar-refractivity contribution in [3.63, 3.8) is 0 Å². The topological polar surface area (TPSA) is 82.9 Å². The fraction of sp³-hybridized carbons (Fsp3) is 0.300. The number of fused-ring (bicyclic) bond motifs is 1. The molecule has 0 aliphatic carbocycles. The summed E-state index contributed by atoms with van der Waals surface area (Å²) in [5, 5.41) is 0. The Labute approximate surface area is 87.7 Å². The second kappa shape index (κ2) is 4.08. The second-order valence-corrected chi connectivity index (χ2v) is 3.26. The van der Waals surface area contributed by atoms with Crippen molar-refractivity contribution in [1.82, 2.24) is 0 Å². The minimum Gasteiger partial charge on any atom is -0.486 e. The van der Waals surface area contributed by atoms with E-state index < -0.39 is 0 Å². The lowest BCUT2D eigenvalue weighted by molar-refractivity contribution is 0.0972. The molecule has 0 saturated heterocycles. The number of benzene rings is 1. The maximum atomic E-state index is 5.64. The normalized spacial score (nSPS) is 18.3. The summed E-state index contributed by atoms with van der Waals surface area (Å²) in [4.78, 5) is 3.89. The molecule has 4 N–H and O–H groups in total. The van der Waals surface area contributed by atoms with Crippen LogP contribution in [-0.4, -0.2) is 25.2 Å². The lowest BCUT2D eigenvalue weighted by Gasteiger charge is -2.25. The summed E-state index contributed by atoms with van der Waals surface area (Å²) in [6.07, 6.45) is -0.123. The van der Waals surface area contributed by atoms with Gasteiger partial charge in [0, 0.05) is 0 Å². The van der Waals surface area contributed by atoms with E-state index in [1.807, 2.05) is 24.3 Å². The van der Waals surface area contributed by atoms with Gasteiger partial charge in [-0.3, -0.25) is 0 Å². The first kappa shape index (κ1) is 9.64. The van der Waals surface area contributed by atoms with Gasteiger partial charge in [0.05, 0.1) is 6.54 Å². The van der Waals surface area contributed by atoms with Crippen LogP contribution in [0.15, 0.2) is 29.3 Å². The molecule has 0 fully saturated rings. The molecule has 0 unspecified atom stereocenters. The summed E-state index contributed by atoms with van der Waals surface area (Å²) in [6, 6.07) is 7.52. The fourth-order valence-corrected chi connectivity index (χ4v) is 1.36. The van der Waals surface area contributed by atoms with E-state index >= 15 is 0 Å². The Balaban J connectivity index is 2.03. The molecule has 1 aliphatic heterocycles. The lowest BCUT2D eigenvalue weighted by Crippen LogP contribution is -2.33. The largest absolute Gasteiger partial charge is 0.486 e. The van der Waals surface area contributed by atoms with E-state index in [0.29, 0.717) is 13.2 Å². The van der Waals surface area contributed by atoms with E-state index in [1.165, 1.54) is 0 Å². The summed E-state index contributed by atoms with van der Waals surface area (Å²) in [7, 11) is 0. The molecule has 15 heavy (non-hydrogen) atoms. The van der Waals surface area contributed by atoms with E-state index in [9.17, 15) is 0 Å². The molecule has 1 aliphatic rings. The molecular formula is C10H13N3O2. The number of nitrogens with zero attached hydrogens (tertiary/aromatic N) is 1. The zero-order valence-corrected chi connectivity index (χ0v) is 8.22. The molecule has 0 amide bonds. The molecule has 0 radical (unpaired) electrons. The number of hydrogen-bond acceptors (Lipinski definition) is 3. The number of aliphatic imine (C=N–C) groups is 1. The summed E-state index contributed by atoms with van der Waals surface area (Å²) in [5.41, 5.74) is 10.5. The van der Waals surface area contributed by atoms with Gasteiger partial charge >= 0.3 is 0 Å². The van der Waals surface area contributed by atoms with E-state index in [2.05, 4.69) is 4.99 Å². The molecule has 1 heterocycles. The van der Waals surface area contributed by atoms with Crippen LogP contribution in [0.2, 0.25) is 0 Å². The predicted molar refractivity (Wildman–Crippen MR) is 57.0 cm³/mol. The van der Waals surface area contributed by atoms with Crippen molar-refractivity contribution in [2.75, 3.05) is 13.2 Å². The smallest absolute Gasteiger partial charge is 0.186 e. The van der Waals surface area contributed by atoms with Gasteiger partial charge in [0.1, 0.15) is 6.61 Å². The van der Waals surface area contributed by atoms with Crippen LogP contribution in [0.25, 0.3) is 0 Å². The molecule has 0 spiro atoms. The van der Waals surface area contributed by atoms with Crippen molar-refractivity contribution in [3.8, 4) is 11.5 Å². The second-order valence-electron chi connectivity index (χ2n) is 3.26. The number of guanidine groups is 1. The Kier molecular flexibility index (Phi) is 2.62. The van der Waals surface area contributed by atoms with Crippen molar-refractivity contribution in [3.05, 3.63) is 24.3 Å². The maximum Gasteiger partial charge on any atom is 0.186 e. The summed E-state index contributed by atoms with van der Waals surface area (Å²) in [6.45, 7) is 0.879. The molecule has 1 aromatic carbocycles. The molecule has 0 aromatic heterocycles. The Morgan fingerprint density at radius 1 is 1.33 bits per heavy atom. The van der Waals surface area contributed by atoms with Gasteiger partial charge in [-0.2, -0.15) is 0 Å². The van der Waals surface area contributed by atoms with Crippen LogP contribution < -0.4 is 20.9 Å². The van der Waals surface area contributed by atoms with Crippen molar-refractivity contribution in [2.24, 2.45) is 16.5 Å². The van der Waals surface area contributed by atoms with Crippen LogP contribution in [0.3, 0.4) is 0 Å². The van der Waals surface area contributed by atoms with E-state index in [1.54, 1.807) is 0 Å². The molecular weight excluding hydrogens is 194 g/mol. The highest BCUT2D eigenvalue weighted by Gasteiger charge is 2.19. The van der Waals surface area contributed by atoms with Crippen molar-refractivity contribution in [2.45, 2.75) is 6.10 Å². The van der Waals surface area contributed by atoms with Gasteiger partial charge in [0.15, 0.2) is 23.6 Å². The number of rotatable bonds is 2. The van der Waals surface area contributed by atoms with Crippen LogP contribution in [0.5, 0.6) is 11.5 Å². The zero-order valence-electron chi connectivity index (χ0n) is 8.22. The highest BCUT2D eigenvalue weighted by atomic mass is 16.6. The van der Waals surface area contributed by atoms with E-state index in [0.717, 1.165) is 11.5 Å². The number of nitrogens with two attached hydrogens (primary N) is 2. The van der Waals surface area contributed by atoms with Gasteiger partial charge in [-0.05, 0) is 12.1 Å². The average Bonchev–Trinajstić information content (AvgIpc) is 2.26. The highest BCUT2D eigenvalue weighted by Crippen LogP contribution is 2.30. The highest BCUT2D eigenvalue weighted by molar-refractivity contribution is 5.75. The van der Waals surface area contributed by atoms with Gasteiger partial charge in [0.2, 0.25) is 0 Å². The third-order valence-corrected chi connectivity index (χ3v) is 2.05. The third kappa shape index (κ3) is 2.31. The van der Waals surface area contributed by atoms with Gasteiger partial charge in [-0.1, -0.05) is 12.1 Å². The standard InChI is InChI=1S/C10H13N3O2/c11-10(12)13-5-7-6-14-8-3-1-2-4-9(8)15-7/h1-4,7H,5-6H2,(H4,11,12,13)/t7-/m0/s1. The van der Waals surface area contributed by atoms with Crippen molar-refractivity contribution < 1.29 is 9.47 Å². The summed E-state index contributed by atoms with van der Waals surface area (Å²) in [5.74, 6) is 1.57. The molecule has 0 bridgehead atoms. The summed E-state index contributed by atoms with van der Waals surface area (Å²) >= 11 is 0. The first-order chi connectivity index (χ1) is 7.25. The third-order valence-electron chi connectivity index (χ3n) is 2.05. The molecule has 1 aromatic rings. The monoisotopic (exact) mass is 207 g/mol. The predicted octanol–water partition coefficient (Wildman–Crippen LogP) is 0.0998. The first-order valence-corrected chi connectivity index (χ1v) is 4.69. The van der Waals surface area contributed by atoms with Crippen LogP contribution >= 0.6 is 0 Å². The number of para-hydroxylation sites is 2. The van der Waals surface area contributed by atoms with Gasteiger partial charge in [0.25, 0.3) is 0 Å². The van der Waals surface area contributed by atoms with Crippen LogP contribution in [0, 0.1) is 0 Å². The molecule has 1 atom stereocenters.